The van der Waals surface area contributed by atoms with Crippen LogP contribution in [0.15, 0.2) is 34.7 Å². The number of nitrogens with one attached hydrogen (secondary N) is 2. The fourth-order valence-electron chi connectivity index (χ4n) is 2.69. The highest BCUT2D eigenvalue weighted by Gasteiger charge is 2.28. The van der Waals surface area contributed by atoms with Crippen LogP contribution in [0.25, 0.3) is 0 Å². The molecule has 0 radical (unpaired) electrons. The zero-order valence-electron chi connectivity index (χ0n) is 15.3. The molecule has 1 heterocycles. The Balaban J connectivity index is 1.97. The molecule has 0 aliphatic rings. The predicted molar refractivity (Wildman–Crippen MR) is 96.6 cm³/mol. The number of urea groups is 1. The lowest BCUT2D eigenvalue weighted by molar-refractivity contribution is 0.0584. The van der Waals surface area contributed by atoms with Crippen LogP contribution in [0, 0.1) is 13.8 Å². The normalized spacial score (nSPS) is 14.6. The zero-order valence-corrected chi connectivity index (χ0v) is 15.3. The number of aryl methyl sites for hydroxylation is 2. The van der Waals surface area contributed by atoms with Gasteiger partial charge in [-0.15, -0.1) is 0 Å². The van der Waals surface area contributed by atoms with E-state index in [9.17, 15) is 9.90 Å². The number of benzene rings is 1. The van der Waals surface area contributed by atoms with Crippen molar-refractivity contribution in [3.05, 3.63) is 53.0 Å². The van der Waals surface area contributed by atoms with Crippen molar-refractivity contribution in [2.45, 2.75) is 39.4 Å². The number of hydrogen-bond acceptors (Lipinski definition) is 4. The Morgan fingerprint density at radius 2 is 2.08 bits per heavy atom. The zero-order chi connectivity index (χ0) is 18.6. The highest BCUT2D eigenvalue weighted by Crippen LogP contribution is 2.26. The van der Waals surface area contributed by atoms with E-state index >= 15 is 0 Å². The van der Waals surface area contributed by atoms with Gasteiger partial charge in [0.1, 0.15) is 17.1 Å². The summed E-state index contributed by atoms with van der Waals surface area (Å²) >= 11 is 0. The third kappa shape index (κ3) is 4.84. The van der Waals surface area contributed by atoms with E-state index in [0.717, 1.165) is 11.3 Å². The molecule has 2 aromatic rings. The van der Waals surface area contributed by atoms with Crippen LogP contribution in [0.3, 0.4) is 0 Å². The largest absolute Gasteiger partial charge is 0.466 e. The minimum Gasteiger partial charge on any atom is -0.466 e. The Morgan fingerprint density at radius 1 is 1.36 bits per heavy atom. The van der Waals surface area contributed by atoms with Crippen LogP contribution in [-0.4, -0.2) is 24.8 Å². The SMILES string of the molecule is CO[C@H](C)c1cccc(NC(=O)NC[C@@](C)(O)c2cc(C)oc2C)c1. The molecule has 136 valence electrons. The summed E-state index contributed by atoms with van der Waals surface area (Å²) in [6.45, 7) is 7.25. The number of methoxy groups -OCH3 is 1. The number of carbonyl (C=O) groups is 1. The van der Waals surface area contributed by atoms with E-state index in [0.29, 0.717) is 17.0 Å². The molecule has 2 amide bonds. The highest BCUT2D eigenvalue weighted by molar-refractivity contribution is 5.89. The maximum Gasteiger partial charge on any atom is 0.319 e. The Hall–Kier alpha value is -2.31. The molecule has 1 aromatic carbocycles. The molecule has 0 aliphatic heterocycles. The van der Waals surface area contributed by atoms with Crippen LogP contribution < -0.4 is 10.6 Å². The fraction of sp³-hybridized carbons (Fsp3) is 0.421. The van der Waals surface area contributed by atoms with E-state index in [-0.39, 0.29) is 18.7 Å². The molecule has 1 aromatic heterocycles. The first-order valence-corrected chi connectivity index (χ1v) is 8.20. The number of ether oxygens (including phenoxy) is 1. The summed E-state index contributed by atoms with van der Waals surface area (Å²) < 4.78 is 10.7. The molecule has 2 atom stereocenters. The van der Waals surface area contributed by atoms with E-state index in [1.807, 2.05) is 32.0 Å². The smallest absolute Gasteiger partial charge is 0.319 e. The minimum absolute atomic E-state index is 0.0575. The number of amides is 2. The molecule has 0 saturated carbocycles. The van der Waals surface area contributed by atoms with Crippen LogP contribution in [-0.2, 0) is 10.3 Å². The molecular weight excluding hydrogens is 320 g/mol. The number of anilines is 1. The molecule has 0 spiro atoms. The average Bonchev–Trinajstić information content (AvgIpc) is 2.92. The van der Waals surface area contributed by atoms with E-state index in [2.05, 4.69) is 10.6 Å². The van der Waals surface area contributed by atoms with Gasteiger partial charge in [-0.3, -0.25) is 0 Å². The second kappa shape index (κ2) is 7.72. The number of hydrogen-bond donors (Lipinski definition) is 3. The van der Waals surface area contributed by atoms with Crippen molar-refractivity contribution < 1.29 is 19.1 Å². The van der Waals surface area contributed by atoms with Crippen molar-refractivity contribution in [2.75, 3.05) is 19.0 Å². The second-order valence-electron chi connectivity index (χ2n) is 6.41. The molecule has 0 aliphatic carbocycles. The average molecular weight is 346 g/mol. The van der Waals surface area contributed by atoms with Gasteiger partial charge in [0.25, 0.3) is 0 Å². The van der Waals surface area contributed by atoms with Crippen molar-refractivity contribution in [2.24, 2.45) is 0 Å². The third-order valence-corrected chi connectivity index (χ3v) is 4.18. The topological polar surface area (TPSA) is 83.7 Å². The van der Waals surface area contributed by atoms with Gasteiger partial charge in [0.05, 0.1) is 12.6 Å². The molecule has 25 heavy (non-hydrogen) atoms. The van der Waals surface area contributed by atoms with Gasteiger partial charge in [0.2, 0.25) is 0 Å². The summed E-state index contributed by atoms with van der Waals surface area (Å²) in [5.74, 6) is 1.37. The summed E-state index contributed by atoms with van der Waals surface area (Å²) in [4.78, 5) is 12.1. The van der Waals surface area contributed by atoms with Crippen molar-refractivity contribution in [1.82, 2.24) is 5.32 Å². The first-order valence-electron chi connectivity index (χ1n) is 8.20. The molecule has 0 bridgehead atoms. The van der Waals surface area contributed by atoms with Crippen molar-refractivity contribution >= 4 is 11.7 Å². The fourth-order valence-corrected chi connectivity index (χ4v) is 2.69. The van der Waals surface area contributed by atoms with Crippen molar-refractivity contribution in [3.8, 4) is 0 Å². The number of carbonyl (C=O) groups excluding carboxylic acids is 1. The lowest BCUT2D eigenvalue weighted by Gasteiger charge is -2.23. The summed E-state index contributed by atoms with van der Waals surface area (Å²) in [5.41, 5.74) is 1.08. The Kier molecular flexibility index (Phi) is 5.87. The van der Waals surface area contributed by atoms with Crippen LogP contribution in [0.1, 0.15) is 42.6 Å². The number of furan rings is 1. The van der Waals surface area contributed by atoms with Crippen LogP contribution in [0.2, 0.25) is 0 Å². The van der Waals surface area contributed by atoms with Gasteiger partial charge >= 0.3 is 6.03 Å². The molecule has 0 unspecified atom stereocenters. The van der Waals surface area contributed by atoms with Gasteiger partial charge in [-0.25, -0.2) is 4.79 Å². The molecule has 2 rings (SSSR count). The second-order valence-corrected chi connectivity index (χ2v) is 6.41. The van der Waals surface area contributed by atoms with Gasteiger partial charge in [0.15, 0.2) is 0 Å². The maximum atomic E-state index is 12.1. The molecule has 3 N–H and O–H groups in total. The van der Waals surface area contributed by atoms with E-state index in [1.54, 1.807) is 33.1 Å². The first-order chi connectivity index (χ1) is 11.7. The summed E-state index contributed by atoms with van der Waals surface area (Å²) in [6, 6.07) is 8.84. The molecular formula is C19H26N2O4. The molecule has 0 saturated heterocycles. The standard InChI is InChI=1S/C19H26N2O4/c1-12-9-17(14(3)25-12)19(4,23)11-20-18(22)21-16-8-6-7-15(10-16)13(2)24-5/h6-10,13,23H,11H2,1-5H3,(H2,20,21,22)/t13-,19-/m1/s1. The van der Waals surface area contributed by atoms with Crippen LogP contribution in [0.5, 0.6) is 0 Å². The lowest BCUT2D eigenvalue weighted by Crippen LogP contribution is -2.40. The van der Waals surface area contributed by atoms with Gasteiger partial charge in [-0.2, -0.15) is 0 Å². The van der Waals surface area contributed by atoms with E-state index < -0.39 is 5.60 Å². The van der Waals surface area contributed by atoms with Gasteiger partial charge < -0.3 is 24.9 Å². The molecule has 6 heteroatoms. The van der Waals surface area contributed by atoms with Crippen molar-refractivity contribution in [3.63, 3.8) is 0 Å². The van der Waals surface area contributed by atoms with Crippen LogP contribution in [0.4, 0.5) is 10.5 Å². The predicted octanol–water partition coefficient (Wildman–Crippen LogP) is 3.63. The van der Waals surface area contributed by atoms with Crippen LogP contribution >= 0.6 is 0 Å². The number of aliphatic hydroxyl groups is 1. The summed E-state index contributed by atoms with van der Waals surface area (Å²) in [7, 11) is 1.64. The van der Waals surface area contributed by atoms with Gasteiger partial charge in [0, 0.05) is 18.4 Å². The highest BCUT2D eigenvalue weighted by atomic mass is 16.5. The third-order valence-electron chi connectivity index (χ3n) is 4.18. The number of rotatable bonds is 6. The summed E-state index contributed by atoms with van der Waals surface area (Å²) in [5, 5.41) is 16.1. The minimum atomic E-state index is -1.22. The molecule has 0 fully saturated rings. The van der Waals surface area contributed by atoms with Crippen molar-refractivity contribution in [1.29, 1.82) is 0 Å². The Bertz CT molecular complexity index is 737. The van der Waals surface area contributed by atoms with E-state index in [4.69, 9.17) is 9.15 Å². The first kappa shape index (κ1) is 19.0. The molecule has 6 nitrogen and oxygen atoms in total. The monoisotopic (exact) mass is 346 g/mol. The summed E-state index contributed by atoms with van der Waals surface area (Å²) in [6.07, 6.45) is -0.0575. The lowest BCUT2D eigenvalue weighted by atomic mass is 9.96. The quantitative estimate of drug-likeness (QED) is 0.746. The van der Waals surface area contributed by atoms with Gasteiger partial charge in [-0.1, -0.05) is 12.1 Å². The maximum absolute atomic E-state index is 12.1. The van der Waals surface area contributed by atoms with E-state index in [1.165, 1.54) is 0 Å². The Morgan fingerprint density at radius 3 is 2.68 bits per heavy atom. The van der Waals surface area contributed by atoms with Gasteiger partial charge in [-0.05, 0) is 51.5 Å². The Labute approximate surface area is 148 Å².